The van der Waals surface area contributed by atoms with Crippen LogP contribution in [-0.2, 0) is 47.4 Å². The van der Waals surface area contributed by atoms with Gasteiger partial charge in [0.2, 0.25) is 10.0 Å². The molecular formula is C35H42ClN5O3S. The van der Waals surface area contributed by atoms with Crippen molar-refractivity contribution in [1.29, 1.82) is 0 Å². The fourth-order valence-electron chi connectivity index (χ4n) is 6.38. The molecule has 0 radical (unpaired) electrons. The molecule has 1 fully saturated rings. The van der Waals surface area contributed by atoms with Crippen molar-refractivity contribution in [3.8, 4) is 22.4 Å². The molecule has 0 N–H and O–H groups in total. The van der Waals surface area contributed by atoms with Crippen molar-refractivity contribution in [2.24, 2.45) is 0 Å². The van der Waals surface area contributed by atoms with Gasteiger partial charge in [-0.2, -0.15) is 9.40 Å². The number of aromatic nitrogens is 2. The summed E-state index contributed by atoms with van der Waals surface area (Å²) in [5.41, 5.74) is 8.39. The Morgan fingerprint density at radius 1 is 0.889 bits per heavy atom. The number of fused-ring (bicyclic) bond motifs is 1. The van der Waals surface area contributed by atoms with E-state index in [4.69, 9.17) is 21.4 Å². The number of nitrogens with zero attached hydrogens (tertiary/aromatic N) is 5. The first-order valence-corrected chi connectivity index (χ1v) is 17.9. The van der Waals surface area contributed by atoms with E-state index in [0.717, 1.165) is 92.5 Å². The first-order valence-electron chi connectivity index (χ1n) is 15.7. The first kappa shape index (κ1) is 31.9. The third-order valence-electron chi connectivity index (χ3n) is 8.77. The normalized spacial score (nSPS) is 16.3. The number of rotatable bonds is 11. The second kappa shape index (κ2) is 14.2. The number of hydrogen-bond acceptors (Lipinski definition) is 6. The molecule has 0 unspecified atom stereocenters. The zero-order chi connectivity index (χ0) is 31.4. The fourth-order valence-corrected chi connectivity index (χ4v) is 7.39. The van der Waals surface area contributed by atoms with Crippen molar-refractivity contribution in [2.45, 2.75) is 39.0 Å². The van der Waals surface area contributed by atoms with E-state index in [-0.39, 0.29) is 0 Å². The molecule has 2 aliphatic rings. The Balaban J connectivity index is 1.23. The van der Waals surface area contributed by atoms with Gasteiger partial charge >= 0.3 is 0 Å². The summed E-state index contributed by atoms with van der Waals surface area (Å²) in [6.07, 6.45) is 2.91. The van der Waals surface area contributed by atoms with Crippen LogP contribution < -0.4 is 0 Å². The topological polar surface area (TPSA) is 70.9 Å². The van der Waals surface area contributed by atoms with E-state index < -0.39 is 10.0 Å². The molecule has 6 rings (SSSR count). The standard InChI is InChI=1S/C35H42ClN5O3S/c1-38(24-27-7-4-3-5-8-27)25-28-9-11-29(12-10-28)31-23-30(13-14-33(31)36)35-32-26-40(45(2,42)43)18-15-34(32)41(37-35)17-6-16-39-19-21-44-22-20-39/h3-5,7-14,23H,6,15-22,24-26H2,1-2H3. The van der Waals surface area contributed by atoms with Crippen molar-refractivity contribution in [3.05, 3.63) is 100 Å². The molecule has 0 saturated carbocycles. The van der Waals surface area contributed by atoms with E-state index in [1.807, 2.05) is 18.2 Å². The van der Waals surface area contributed by atoms with Crippen molar-refractivity contribution < 1.29 is 13.2 Å². The molecule has 1 aromatic heterocycles. The van der Waals surface area contributed by atoms with Gasteiger partial charge in [-0.1, -0.05) is 72.3 Å². The maximum Gasteiger partial charge on any atom is 0.211 e. The lowest BCUT2D eigenvalue weighted by molar-refractivity contribution is 0.0368. The van der Waals surface area contributed by atoms with Crippen LogP contribution >= 0.6 is 11.6 Å². The maximum atomic E-state index is 12.5. The van der Waals surface area contributed by atoms with Crippen molar-refractivity contribution in [2.75, 3.05) is 52.7 Å². The van der Waals surface area contributed by atoms with Crippen molar-refractivity contribution in [3.63, 3.8) is 0 Å². The SMILES string of the molecule is CN(Cc1ccccc1)Cc1ccc(-c2cc(-c3nn(CCCN4CCOCC4)c4c3CN(S(C)(=O)=O)CC4)ccc2Cl)cc1. The molecule has 238 valence electrons. The first-order chi connectivity index (χ1) is 21.7. The van der Waals surface area contributed by atoms with E-state index in [9.17, 15) is 8.42 Å². The summed E-state index contributed by atoms with van der Waals surface area (Å²) in [6.45, 7) is 7.81. The molecule has 10 heteroatoms. The number of halogens is 1. The number of hydrogen-bond donors (Lipinski definition) is 0. The van der Waals surface area contributed by atoms with Crippen LogP contribution in [-0.4, -0.2) is 85.0 Å². The molecule has 0 amide bonds. The van der Waals surface area contributed by atoms with Gasteiger partial charge in [0.25, 0.3) is 0 Å². The van der Waals surface area contributed by atoms with Crippen LogP contribution in [0.15, 0.2) is 72.8 Å². The molecule has 8 nitrogen and oxygen atoms in total. The average molecular weight is 648 g/mol. The molecular weight excluding hydrogens is 606 g/mol. The Kier molecular flexibility index (Phi) is 10.0. The molecule has 3 aromatic carbocycles. The third-order valence-corrected chi connectivity index (χ3v) is 10.3. The highest BCUT2D eigenvalue weighted by Gasteiger charge is 2.30. The largest absolute Gasteiger partial charge is 0.379 e. The van der Waals surface area contributed by atoms with Gasteiger partial charge in [0.1, 0.15) is 0 Å². The molecule has 2 aliphatic heterocycles. The summed E-state index contributed by atoms with van der Waals surface area (Å²) in [6, 6.07) is 25.1. The van der Waals surface area contributed by atoms with Crippen molar-refractivity contribution in [1.82, 2.24) is 23.9 Å². The molecule has 0 atom stereocenters. The Morgan fingerprint density at radius 2 is 1.58 bits per heavy atom. The number of benzene rings is 3. The van der Waals surface area contributed by atoms with Gasteiger partial charge in [-0.3, -0.25) is 14.5 Å². The van der Waals surface area contributed by atoms with Gasteiger partial charge < -0.3 is 4.74 Å². The minimum Gasteiger partial charge on any atom is -0.379 e. The van der Waals surface area contributed by atoms with Crippen LogP contribution in [0.4, 0.5) is 0 Å². The van der Waals surface area contributed by atoms with E-state index in [0.29, 0.717) is 24.5 Å². The summed E-state index contributed by atoms with van der Waals surface area (Å²) >= 11 is 6.77. The predicted octanol–water partition coefficient (Wildman–Crippen LogP) is 5.54. The maximum absolute atomic E-state index is 12.5. The van der Waals surface area contributed by atoms with E-state index >= 15 is 0 Å². The smallest absolute Gasteiger partial charge is 0.211 e. The van der Waals surface area contributed by atoms with E-state index in [2.05, 4.69) is 76.1 Å². The number of sulfonamides is 1. The minimum atomic E-state index is -3.33. The van der Waals surface area contributed by atoms with Gasteiger partial charge in [0.05, 0.1) is 25.2 Å². The Bertz CT molecular complexity index is 1700. The average Bonchev–Trinajstić information content (AvgIpc) is 3.40. The predicted molar refractivity (Wildman–Crippen MR) is 181 cm³/mol. The number of ether oxygens (including phenoxy) is 1. The summed E-state index contributed by atoms with van der Waals surface area (Å²) in [4.78, 5) is 4.74. The molecule has 4 aromatic rings. The van der Waals surface area contributed by atoms with Crippen LogP contribution in [0.5, 0.6) is 0 Å². The molecule has 0 spiro atoms. The summed E-state index contributed by atoms with van der Waals surface area (Å²) in [5.74, 6) is 0. The highest BCUT2D eigenvalue weighted by Crippen LogP contribution is 2.36. The lowest BCUT2D eigenvalue weighted by atomic mass is 9.97. The van der Waals surface area contributed by atoms with Gasteiger partial charge in [-0.15, -0.1) is 0 Å². The molecule has 0 aliphatic carbocycles. The zero-order valence-electron chi connectivity index (χ0n) is 26.2. The summed E-state index contributed by atoms with van der Waals surface area (Å²) in [5, 5.41) is 5.78. The third kappa shape index (κ3) is 7.85. The van der Waals surface area contributed by atoms with E-state index in [1.54, 1.807) is 4.31 Å². The summed E-state index contributed by atoms with van der Waals surface area (Å²) < 4.78 is 34.2. The van der Waals surface area contributed by atoms with Gasteiger partial charge in [0, 0.05) is 86.2 Å². The highest BCUT2D eigenvalue weighted by atomic mass is 35.5. The Hall–Kier alpha value is -3.05. The fraction of sp³-hybridized carbons (Fsp3) is 0.400. The monoisotopic (exact) mass is 647 g/mol. The van der Waals surface area contributed by atoms with Crippen LogP contribution in [0.1, 0.15) is 28.8 Å². The molecule has 1 saturated heterocycles. The van der Waals surface area contributed by atoms with Crippen LogP contribution in [0.25, 0.3) is 22.4 Å². The zero-order valence-corrected chi connectivity index (χ0v) is 27.7. The highest BCUT2D eigenvalue weighted by molar-refractivity contribution is 7.88. The molecule has 3 heterocycles. The van der Waals surface area contributed by atoms with Crippen molar-refractivity contribution >= 4 is 21.6 Å². The Labute approximate surface area is 272 Å². The second-order valence-electron chi connectivity index (χ2n) is 12.2. The van der Waals surface area contributed by atoms with Crippen LogP contribution in [0, 0.1) is 0 Å². The number of morpholine rings is 1. The Morgan fingerprint density at radius 3 is 2.29 bits per heavy atom. The molecule has 0 bridgehead atoms. The van der Waals surface area contributed by atoms with Gasteiger partial charge in [0.15, 0.2) is 0 Å². The molecule has 45 heavy (non-hydrogen) atoms. The quantitative estimate of drug-likeness (QED) is 0.213. The lowest BCUT2D eigenvalue weighted by Crippen LogP contribution is -2.37. The van der Waals surface area contributed by atoms with E-state index in [1.165, 1.54) is 17.4 Å². The second-order valence-corrected chi connectivity index (χ2v) is 14.6. The lowest BCUT2D eigenvalue weighted by Gasteiger charge is -2.27. The minimum absolute atomic E-state index is 0.329. The van der Waals surface area contributed by atoms with Gasteiger partial charge in [-0.25, -0.2) is 8.42 Å². The summed E-state index contributed by atoms with van der Waals surface area (Å²) in [7, 11) is -1.19. The van der Waals surface area contributed by atoms with Gasteiger partial charge in [-0.05, 0) is 42.3 Å². The van der Waals surface area contributed by atoms with Crippen LogP contribution in [0.2, 0.25) is 5.02 Å². The number of aryl methyl sites for hydroxylation is 1. The van der Waals surface area contributed by atoms with Crippen LogP contribution in [0.3, 0.4) is 0 Å².